The lowest BCUT2D eigenvalue weighted by molar-refractivity contribution is -0.387. The molecule has 1 saturated heterocycles. The van der Waals surface area contributed by atoms with Gasteiger partial charge >= 0.3 is 6.03 Å². The molecule has 12 heteroatoms. The minimum atomic E-state index is -3.99. The second kappa shape index (κ2) is 10.2. The van der Waals surface area contributed by atoms with Crippen molar-refractivity contribution in [1.82, 2.24) is 15.1 Å². The van der Waals surface area contributed by atoms with Crippen LogP contribution >= 0.6 is 24.0 Å². The highest BCUT2D eigenvalue weighted by molar-refractivity contribution is 7.92. The van der Waals surface area contributed by atoms with Crippen LogP contribution in [0.1, 0.15) is 12.8 Å². The third kappa shape index (κ3) is 5.94. The average Bonchev–Trinajstić information content (AvgIpc) is 2.61. The molecule has 0 spiro atoms. The van der Waals surface area contributed by atoms with Gasteiger partial charge in [-0.15, -0.1) is 12.4 Å². The number of nitrogens with zero attached hydrogens (tertiary/aromatic N) is 3. The number of halogens is 2. The smallest absolute Gasteiger partial charge is 0.317 e. The molecule has 1 aliphatic rings. The molecule has 2 rings (SSSR count). The molecule has 1 heterocycles. The first-order valence-electron chi connectivity index (χ1n) is 8.48. The number of piperidine rings is 1. The van der Waals surface area contributed by atoms with Gasteiger partial charge in [0, 0.05) is 37.3 Å². The zero-order chi connectivity index (χ0) is 20.2. The molecular weight excluding hydrogens is 431 g/mol. The van der Waals surface area contributed by atoms with Crippen molar-refractivity contribution < 1.29 is 18.1 Å². The van der Waals surface area contributed by atoms with Gasteiger partial charge in [-0.1, -0.05) is 11.6 Å². The maximum absolute atomic E-state index is 13.0. The fourth-order valence-electron chi connectivity index (χ4n) is 2.93. The van der Waals surface area contributed by atoms with Gasteiger partial charge in [-0.05, 0) is 39.1 Å². The van der Waals surface area contributed by atoms with Crippen LogP contribution < -0.4 is 5.32 Å². The number of nitro groups is 1. The van der Waals surface area contributed by atoms with Crippen molar-refractivity contribution in [2.24, 2.45) is 0 Å². The van der Waals surface area contributed by atoms with Crippen LogP contribution in [0, 0.1) is 10.1 Å². The molecule has 0 aromatic heterocycles. The van der Waals surface area contributed by atoms with Gasteiger partial charge in [-0.3, -0.25) is 10.1 Å². The van der Waals surface area contributed by atoms with E-state index < -0.39 is 25.7 Å². The van der Waals surface area contributed by atoms with Crippen LogP contribution in [0.15, 0.2) is 23.1 Å². The second-order valence-electron chi connectivity index (χ2n) is 6.66. The van der Waals surface area contributed by atoms with Gasteiger partial charge in [0.1, 0.15) is 4.90 Å². The average molecular weight is 455 g/mol. The summed E-state index contributed by atoms with van der Waals surface area (Å²) in [6.07, 6.45) is 0.843. The number of likely N-dealkylation sites (tertiary alicyclic amines) is 1. The molecule has 158 valence electrons. The zero-order valence-corrected chi connectivity index (χ0v) is 18.0. The standard InChI is InChI=1S/C16H23ClN4O5S.ClH/c1-19(2)9-7-18-16(22)20-8-3-4-13(11-20)27(25,26)15-6-5-12(17)10-14(15)21(23)24;/h5-6,10,13H,3-4,7-9,11H2,1-2H3,(H,18,22);1H. The van der Waals surface area contributed by atoms with Gasteiger partial charge < -0.3 is 15.1 Å². The molecule has 1 aromatic carbocycles. The Labute approximate surface area is 175 Å². The van der Waals surface area contributed by atoms with Crippen molar-refractivity contribution >= 4 is 45.6 Å². The number of amides is 2. The number of rotatable bonds is 6. The van der Waals surface area contributed by atoms with Crippen molar-refractivity contribution in [3.05, 3.63) is 33.3 Å². The minimum Gasteiger partial charge on any atom is -0.337 e. The first kappa shape index (κ1) is 24.4. The van der Waals surface area contributed by atoms with E-state index in [1.807, 2.05) is 19.0 Å². The van der Waals surface area contributed by atoms with Crippen molar-refractivity contribution in [2.45, 2.75) is 23.0 Å². The second-order valence-corrected chi connectivity index (χ2v) is 9.29. The summed E-state index contributed by atoms with van der Waals surface area (Å²) in [6, 6.07) is 3.17. The lowest BCUT2D eigenvalue weighted by Gasteiger charge is -2.32. The number of benzene rings is 1. The number of nitrogens with one attached hydrogen (secondary N) is 1. The van der Waals surface area contributed by atoms with Crippen LogP contribution in [-0.2, 0) is 9.84 Å². The summed E-state index contributed by atoms with van der Waals surface area (Å²) in [4.78, 5) is 25.8. The Morgan fingerprint density at radius 1 is 1.43 bits per heavy atom. The van der Waals surface area contributed by atoms with Gasteiger partial charge in [0.25, 0.3) is 5.69 Å². The van der Waals surface area contributed by atoms with E-state index in [0.29, 0.717) is 32.5 Å². The maximum atomic E-state index is 13.0. The van der Waals surface area contributed by atoms with E-state index in [2.05, 4.69) is 5.32 Å². The summed E-state index contributed by atoms with van der Waals surface area (Å²) in [5.41, 5.74) is -0.546. The molecule has 0 radical (unpaired) electrons. The van der Waals surface area contributed by atoms with E-state index in [1.165, 1.54) is 11.0 Å². The van der Waals surface area contributed by atoms with Crippen LogP contribution in [0.2, 0.25) is 5.02 Å². The largest absolute Gasteiger partial charge is 0.337 e. The first-order chi connectivity index (χ1) is 12.6. The first-order valence-corrected chi connectivity index (χ1v) is 10.4. The van der Waals surface area contributed by atoms with E-state index in [9.17, 15) is 23.3 Å². The number of urea groups is 1. The monoisotopic (exact) mass is 454 g/mol. The van der Waals surface area contributed by atoms with Gasteiger partial charge in [0.05, 0.1) is 10.2 Å². The molecule has 0 bridgehead atoms. The fourth-order valence-corrected chi connectivity index (χ4v) is 4.99. The normalized spacial score (nSPS) is 17.1. The van der Waals surface area contributed by atoms with Crippen LogP contribution in [0.5, 0.6) is 0 Å². The quantitative estimate of drug-likeness (QED) is 0.520. The highest BCUT2D eigenvalue weighted by atomic mass is 35.5. The molecule has 1 atom stereocenters. The molecule has 1 aromatic rings. The Morgan fingerprint density at radius 3 is 2.71 bits per heavy atom. The van der Waals surface area contributed by atoms with Crippen LogP contribution in [0.3, 0.4) is 0 Å². The van der Waals surface area contributed by atoms with Gasteiger partial charge in [-0.25, -0.2) is 13.2 Å². The molecule has 28 heavy (non-hydrogen) atoms. The molecule has 9 nitrogen and oxygen atoms in total. The number of likely N-dealkylation sites (N-methyl/N-ethyl adjacent to an activating group) is 1. The SMILES string of the molecule is CN(C)CCNC(=O)N1CCCC(S(=O)(=O)c2ccc(Cl)cc2[N+](=O)[O-])C1.Cl. The number of carbonyl (C=O) groups is 1. The maximum Gasteiger partial charge on any atom is 0.317 e. The third-order valence-electron chi connectivity index (χ3n) is 4.36. The van der Waals surface area contributed by atoms with Gasteiger partial charge in [0.15, 0.2) is 9.84 Å². The Kier molecular flexibility index (Phi) is 8.93. The topological polar surface area (TPSA) is 113 Å². The number of nitro benzene ring substituents is 1. The van der Waals surface area contributed by atoms with E-state index in [0.717, 1.165) is 12.1 Å². The summed E-state index contributed by atoms with van der Waals surface area (Å²) in [5, 5.41) is 13.2. The lowest BCUT2D eigenvalue weighted by atomic mass is 10.1. The Balaban J connectivity index is 0.00000392. The number of hydrogen-bond acceptors (Lipinski definition) is 6. The molecule has 2 amide bonds. The van der Waals surface area contributed by atoms with Crippen molar-refractivity contribution in [3.8, 4) is 0 Å². The van der Waals surface area contributed by atoms with Gasteiger partial charge in [-0.2, -0.15) is 0 Å². The van der Waals surface area contributed by atoms with E-state index >= 15 is 0 Å². The summed E-state index contributed by atoms with van der Waals surface area (Å²) in [7, 11) is -0.218. The number of sulfone groups is 1. The fraction of sp³-hybridized carbons (Fsp3) is 0.562. The summed E-state index contributed by atoms with van der Waals surface area (Å²) < 4.78 is 26.0. The predicted octanol–water partition coefficient (Wildman–Crippen LogP) is 2.18. The molecule has 1 N–H and O–H groups in total. The molecule has 1 fully saturated rings. The number of hydrogen-bond donors (Lipinski definition) is 1. The summed E-state index contributed by atoms with van der Waals surface area (Å²) in [5.74, 6) is 0. The van der Waals surface area contributed by atoms with Crippen LogP contribution in [-0.4, -0.2) is 74.7 Å². The van der Waals surface area contributed by atoms with Crippen molar-refractivity contribution in [1.29, 1.82) is 0 Å². The van der Waals surface area contributed by atoms with Crippen molar-refractivity contribution in [2.75, 3.05) is 40.3 Å². The number of carbonyl (C=O) groups excluding carboxylic acids is 1. The Hall–Kier alpha value is -1.62. The van der Waals surface area contributed by atoms with E-state index in [1.54, 1.807) is 0 Å². The molecule has 1 aliphatic heterocycles. The molecule has 0 saturated carbocycles. The summed E-state index contributed by atoms with van der Waals surface area (Å²) in [6.45, 7) is 1.55. The molecular formula is C16H24Cl2N4O5S. The minimum absolute atomic E-state index is 0. The van der Waals surface area contributed by atoms with Crippen LogP contribution in [0.25, 0.3) is 0 Å². The Bertz CT molecular complexity index is 819. The van der Waals surface area contributed by atoms with E-state index in [-0.39, 0.29) is 34.9 Å². The zero-order valence-electron chi connectivity index (χ0n) is 15.6. The third-order valence-corrected chi connectivity index (χ3v) is 6.82. The van der Waals surface area contributed by atoms with Gasteiger partial charge in [0.2, 0.25) is 0 Å². The highest BCUT2D eigenvalue weighted by Gasteiger charge is 2.37. The predicted molar refractivity (Wildman–Crippen MR) is 109 cm³/mol. The molecule has 0 aliphatic carbocycles. The van der Waals surface area contributed by atoms with Crippen molar-refractivity contribution in [3.63, 3.8) is 0 Å². The molecule has 1 unspecified atom stereocenters. The van der Waals surface area contributed by atoms with E-state index in [4.69, 9.17) is 11.6 Å². The highest BCUT2D eigenvalue weighted by Crippen LogP contribution is 2.32. The van der Waals surface area contributed by atoms with Crippen LogP contribution in [0.4, 0.5) is 10.5 Å². The Morgan fingerprint density at radius 2 is 2.11 bits per heavy atom. The summed E-state index contributed by atoms with van der Waals surface area (Å²) >= 11 is 5.77. The lowest BCUT2D eigenvalue weighted by Crippen LogP contribution is -2.50.